The molecule has 25 heavy (non-hydrogen) atoms. The van der Waals surface area contributed by atoms with Crippen molar-refractivity contribution in [1.82, 2.24) is 0 Å². The first-order valence-electron chi connectivity index (χ1n) is 7.82. The van der Waals surface area contributed by atoms with E-state index in [1.165, 1.54) is 0 Å². The lowest BCUT2D eigenvalue weighted by atomic mass is 10.2. The smallest absolute Gasteiger partial charge is 0.243 e. The molecule has 5 heteroatoms. The quantitative estimate of drug-likeness (QED) is 0.642. The van der Waals surface area contributed by atoms with Gasteiger partial charge in [-0.25, -0.2) is 0 Å². The molecule has 0 aliphatic heterocycles. The van der Waals surface area contributed by atoms with Gasteiger partial charge in [0.25, 0.3) is 0 Å². The molecule has 0 aliphatic rings. The molecule has 4 nitrogen and oxygen atoms in total. The van der Waals surface area contributed by atoms with Crippen LogP contribution in [0.1, 0.15) is 0 Å². The van der Waals surface area contributed by atoms with Gasteiger partial charge in [-0.3, -0.25) is 4.79 Å². The van der Waals surface area contributed by atoms with Crippen molar-refractivity contribution in [3.05, 3.63) is 83.9 Å². The van der Waals surface area contributed by atoms with Crippen LogP contribution in [0.15, 0.2) is 78.9 Å². The second-order valence-electron chi connectivity index (χ2n) is 5.29. The first-order valence-corrected chi connectivity index (χ1v) is 8.20. The van der Waals surface area contributed by atoms with E-state index >= 15 is 0 Å². The predicted octanol–water partition coefficient (Wildman–Crippen LogP) is 5.18. The number of benzene rings is 3. The number of rotatable bonds is 6. The summed E-state index contributed by atoms with van der Waals surface area (Å²) < 4.78 is 5.86. The van der Waals surface area contributed by atoms with Crippen LogP contribution in [-0.4, -0.2) is 12.5 Å². The molecule has 3 rings (SSSR count). The van der Waals surface area contributed by atoms with Crippen LogP contribution in [-0.2, 0) is 4.79 Å². The van der Waals surface area contributed by atoms with Crippen LogP contribution in [0, 0.1) is 0 Å². The van der Waals surface area contributed by atoms with Gasteiger partial charge in [0.05, 0.1) is 22.9 Å². The Kier molecular flexibility index (Phi) is 5.54. The summed E-state index contributed by atoms with van der Waals surface area (Å²) in [4.78, 5) is 12.1. The molecule has 0 aliphatic carbocycles. The summed E-state index contributed by atoms with van der Waals surface area (Å²) in [6, 6.07) is 24.1. The third kappa shape index (κ3) is 4.75. The molecule has 0 saturated carbocycles. The molecular weight excluding hydrogens is 336 g/mol. The SMILES string of the molecule is O=C(CNc1ccccc1Oc1ccccc1)Nc1ccccc1Cl. The van der Waals surface area contributed by atoms with Crippen LogP contribution in [0.25, 0.3) is 0 Å². The van der Waals surface area contributed by atoms with Gasteiger partial charge >= 0.3 is 0 Å². The van der Waals surface area contributed by atoms with Crippen LogP contribution in [0.2, 0.25) is 5.02 Å². The van der Waals surface area contributed by atoms with Crippen molar-refractivity contribution in [2.24, 2.45) is 0 Å². The Bertz CT molecular complexity index is 853. The molecule has 0 radical (unpaired) electrons. The first-order chi connectivity index (χ1) is 12.2. The molecule has 0 heterocycles. The standard InChI is InChI=1S/C20H17ClN2O2/c21-16-10-4-5-11-17(16)23-20(24)14-22-18-12-6-7-13-19(18)25-15-8-2-1-3-9-15/h1-13,22H,14H2,(H,23,24). The average Bonchev–Trinajstić information content (AvgIpc) is 2.64. The van der Waals surface area contributed by atoms with Crippen LogP contribution >= 0.6 is 11.6 Å². The first kappa shape index (κ1) is 16.9. The zero-order valence-corrected chi connectivity index (χ0v) is 14.2. The van der Waals surface area contributed by atoms with Gasteiger partial charge in [-0.15, -0.1) is 0 Å². The number of ether oxygens (including phenoxy) is 1. The Morgan fingerprint density at radius 3 is 2.24 bits per heavy atom. The molecule has 0 saturated heterocycles. The van der Waals surface area contributed by atoms with E-state index in [9.17, 15) is 4.79 Å². The lowest BCUT2D eigenvalue weighted by molar-refractivity contribution is -0.114. The summed E-state index contributed by atoms with van der Waals surface area (Å²) in [5.74, 6) is 1.19. The third-order valence-corrected chi connectivity index (χ3v) is 3.78. The monoisotopic (exact) mass is 352 g/mol. The Morgan fingerprint density at radius 1 is 0.840 bits per heavy atom. The Labute approximate surface area is 151 Å². The minimum absolute atomic E-state index is 0.0976. The molecule has 0 atom stereocenters. The number of hydrogen-bond donors (Lipinski definition) is 2. The van der Waals surface area contributed by atoms with Crippen molar-refractivity contribution >= 4 is 28.9 Å². The van der Waals surface area contributed by atoms with Crippen molar-refractivity contribution in [2.75, 3.05) is 17.2 Å². The fourth-order valence-corrected chi connectivity index (χ4v) is 2.43. The highest BCUT2D eigenvalue weighted by molar-refractivity contribution is 6.33. The zero-order chi connectivity index (χ0) is 17.5. The Hall–Kier alpha value is -2.98. The van der Waals surface area contributed by atoms with Crippen LogP contribution in [0.3, 0.4) is 0 Å². The summed E-state index contributed by atoms with van der Waals surface area (Å²) >= 11 is 6.05. The summed E-state index contributed by atoms with van der Waals surface area (Å²) in [6.45, 7) is 0.0976. The molecule has 0 spiro atoms. The molecule has 126 valence electrons. The normalized spacial score (nSPS) is 10.1. The molecule has 0 bridgehead atoms. The molecular formula is C20H17ClN2O2. The van der Waals surface area contributed by atoms with Crippen molar-refractivity contribution < 1.29 is 9.53 Å². The van der Waals surface area contributed by atoms with Gasteiger partial charge < -0.3 is 15.4 Å². The maximum atomic E-state index is 12.1. The van der Waals surface area contributed by atoms with E-state index in [0.717, 1.165) is 11.4 Å². The largest absolute Gasteiger partial charge is 0.455 e. The lowest BCUT2D eigenvalue weighted by Crippen LogP contribution is -2.22. The summed E-state index contributed by atoms with van der Waals surface area (Å²) in [5.41, 5.74) is 1.32. The summed E-state index contributed by atoms with van der Waals surface area (Å²) in [6.07, 6.45) is 0. The number of hydrogen-bond acceptors (Lipinski definition) is 3. The second-order valence-corrected chi connectivity index (χ2v) is 5.70. The lowest BCUT2D eigenvalue weighted by Gasteiger charge is -2.13. The Morgan fingerprint density at radius 2 is 1.48 bits per heavy atom. The van der Waals surface area contributed by atoms with Gasteiger partial charge in [-0.1, -0.05) is 54.1 Å². The molecule has 2 N–H and O–H groups in total. The number of carbonyl (C=O) groups excluding carboxylic acids is 1. The van der Waals surface area contributed by atoms with Crippen LogP contribution in [0.5, 0.6) is 11.5 Å². The van der Waals surface area contributed by atoms with Gasteiger partial charge in [0.15, 0.2) is 5.75 Å². The molecule has 0 aromatic heterocycles. The number of halogens is 1. The minimum atomic E-state index is -0.192. The highest BCUT2D eigenvalue weighted by atomic mass is 35.5. The maximum Gasteiger partial charge on any atom is 0.243 e. The van der Waals surface area contributed by atoms with Crippen LogP contribution < -0.4 is 15.4 Å². The number of para-hydroxylation sites is 4. The van der Waals surface area contributed by atoms with E-state index in [0.29, 0.717) is 16.5 Å². The topological polar surface area (TPSA) is 50.4 Å². The van der Waals surface area contributed by atoms with Crippen molar-refractivity contribution in [2.45, 2.75) is 0 Å². The fraction of sp³-hybridized carbons (Fsp3) is 0.0500. The number of nitrogens with one attached hydrogen (secondary N) is 2. The minimum Gasteiger partial charge on any atom is -0.455 e. The van der Waals surface area contributed by atoms with E-state index in [2.05, 4.69) is 10.6 Å². The van der Waals surface area contributed by atoms with Gasteiger partial charge in [-0.05, 0) is 36.4 Å². The number of carbonyl (C=O) groups is 1. The molecule has 0 fully saturated rings. The van der Waals surface area contributed by atoms with Gasteiger partial charge in [0.1, 0.15) is 5.75 Å². The van der Waals surface area contributed by atoms with Crippen molar-refractivity contribution in [3.63, 3.8) is 0 Å². The molecule has 3 aromatic carbocycles. The third-order valence-electron chi connectivity index (χ3n) is 3.45. The van der Waals surface area contributed by atoms with E-state index in [1.54, 1.807) is 12.1 Å². The number of anilines is 2. The molecule has 3 aromatic rings. The van der Waals surface area contributed by atoms with Gasteiger partial charge in [-0.2, -0.15) is 0 Å². The average molecular weight is 353 g/mol. The summed E-state index contributed by atoms with van der Waals surface area (Å²) in [7, 11) is 0. The summed E-state index contributed by atoms with van der Waals surface area (Å²) in [5, 5.41) is 6.37. The van der Waals surface area contributed by atoms with E-state index in [4.69, 9.17) is 16.3 Å². The molecule has 0 unspecified atom stereocenters. The van der Waals surface area contributed by atoms with Crippen LogP contribution in [0.4, 0.5) is 11.4 Å². The highest BCUT2D eigenvalue weighted by Crippen LogP contribution is 2.29. The van der Waals surface area contributed by atoms with E-state index < -0.39 is 0 Å². The van der Waals surface area contributed by atoms with Gasteiger partial charge in [0, 0.05) is 0 Å². The highest BCUT2D eigenvalue weighted by Gasteiger charge is 2.08. The Balaban J connectivity index is 1.63. The van der Waals surface area contributed by atoms with Gasteiger partial charge in [0.2, 0.25) is 5.91 Å². The second kappa shape index (κ2) is 8.22. The fourth-order valence-electron chi connectivity index (χ4n) is 2.25. The zero-order valence-electron chi connectivity index (χ0n) is 13.4. The van der Waals surface area contributed by atoms with Crippen molar-refractivity contribution in [1.29, 1.82) is 0 Å². The van der Waals surface area contributed by atoms with Crippen molar-refractivity contribution in [3.8, 4) is 11.5 Å². The number of amides is 1. The maximum absolute atomic E-state index is 12.1. The molecule has 1 amide bonds. The van der Waals surface area contributed by atoms with E-state index in [1.807, 2.05) is 66.7 Å². The predicted molar refractivity (Wildman–Crippen MR) is 102 cm³/mol. The van der Waals surface area contributed by atoms with E-state index in [-0.39, 0.29) is 12.5 Å².